The molecule has 112 valence electrons. The van der Waals surface area contributed by atoms with Gasteiger partial charge in [0.1, 0.15) is 11.9 Å². The van der Waals surface area contributed by atoms with Crippen LogP contribution in [0.4, 0.5) is 10.5 Å². The van der Waals surface area contributed by atoms with Crippen LogP contribution >= 0.6 is 0 Å². The van der Waals surface area contributed by atoms with Gasteiger partial charge in [-0.05, 0) is 43.9 Å². The molecule has 1 aromatic carbocycles. The van der Waals surface area contributed by atoms with Crippen molar-refractivity contribution in [1.29, 1.82) is 5.41 Å². The normalized spacial score (nSPS) is 21.8. The standard InChI is InChI=1S/C16H22N4O/c1-10(2)20-14(15(17)18-16(20)21)12-6-7-13-11(9-12)5-4-8-19(13)3/h6-7,9-10,14H,4-5,8H2,1-3H3,(H2,17,18,21). The summed E-state index contributed by atoms with van der Waals surface area (Å²) in [4.78, 5) is 16.0. The summed E-state index contributed by atoms with van der Waals surface area (Å²) in [6, 6.07) is 5.95. The molecule has 1 saturated heterocycles. The molecule has 5 nitrogen and oxygen atoms in total. The molecular formula is C16H22N4O. The van der Waals surface area contributed by atoms with Gasteiger partial charge in [-0.2, -0.15) is 0 Å². The third kappa shape index (κ3) is 2.26. The zero-order valence-corrected chi connectivity index (χ0v) is 12.8. The molecule has 2 N–H and O–H groups in total. The zero-order chi connectivity index (χ0) is 15.1. The smallest absolute Gasteiger partial charge is 0.323 e. The van der Waals surface area contributed by atoms with Gasteiger partial charge in [0, 0.05) is 25.3 Å². The highest BCUT2D eigenvalue weighted by atomic mass is 16.2. The number of carbonyl (C=O) groups excluding carboxylic acids is 1. The van der Waals surface area contributed by atoms with Crippen molar-refractivity contribution in [3.05, 3.63) is 29.3 Å². The van der Waals surface area contributed by atoms with Gasteiger partial charge in [-0.25, -0.2) is 4.79 Å². The molecular weight excluding hydrogens is 264 g/mol. The van der Waals surface area contributed by atoms with Gasteiger partial charge in [0.05, 0.1) is 0 Å². The lowest BCUT2D eigenvalue weighted by atomic mass is 9.95. The van der Waals surface area contributed by atoms with Crippen LogP contribution in [-0.4, -0.2) is 36.4 Å². The number of amides is 2. The van der Waals surface area contributed by atoms with E-state index in [-0.39, 0.29) is 24.0 Å². The Hall–Kier alpha value is -2.04. The van der Waals surface area contributed by atoms with Crippen molar-refractivity contribution in [2.75, 3.05) is 18.5 Å². The van der Waals surface area contributed by atoms with Crippen molar-refractivity contribution in [2.45, 2.75) is 38.8 Å². The molecule has 0 radical (unpaired) electrons. The zero-order valence-electron chi connectivity index (χ0n) is 12.8. The van der Waals surface area contributed by atoms with Gasteiger partial charge in [-0.1, -0.05) is 12.1 Å². The van der Waals surface area contributed by atoms with Crippen LogP contribution in [0.25, 0.3) is 0 Å². The lowest BCUT2D eigenvalue weighted by molar-refractivity contribution is 0.190. The molecule has 21 heavy (non-hydrogen) atoms. The van der Waals surface area contributed by atoms with Gasteiger partial charge >= 0.3 is 6.03 Å². The molecule has 1 atom stereocenters. The van der Waals surface area contributed by atoms with Crippen LogP contribution in [0.3, 0.4) is 0 Å². The molecule has 2 aliphatic rings. The van der Waals surface area contributed by atoms with Crippen LogP contribution < -0.4 is 10.2 Å². The lowest BCUT2D eigenvalue weighted by Gasteiger charge is -2.30. The molecule has 0 aromatic heterocycles. The van der Waals surface area contributed by atoms with Gasteiger partial charge in [0.2, 0.25) is 0 Å². The van der Waals surface area contributed by atoms with Gasteiger partial charge in [-0.3, -0.25) is 10.7 Å². The number of rotatable bonds is 2. The first-order valence-corrected chi connectivity index (χ1v) is 7.50. The first-order chi connectivity index (χ1) is 9.99. The quantitative estimate of drug-likeness (QED) is 0.877. The molecule has 1 aromatic rings. The van der Waals surface area contributed by atoms with Crippen molar-refractivity contribution in [2.24, 2.45) is 0 Å². The van der Waals surface area contributed by atoms with Crippen molar-refractivity contribution < 1.29 is 4.79 Å². The molecule has 0 spiro atoms. The number of benzene rings is 1. The molecule has 0 saturated carbocycles. The van der Waals surface area contributed by atoms with Gasteiger partial charge in [0.15, 0.2) is 0 Å². The van der Waals surface area contributed by atoms with Gasteiger partial charge in [-0.15, -0.1) is 0 Å². The van der Waals surface area contributed by atoms with Crippen LogP contribution in [0.2, 0.25) is 0 Å². The minimum atomic E-state index is -0.282. The van der Waals surface area contributed by atoms with E-state index in [0.29, 0.717) is 0 Å². The summed E-state index contributed by atoms with van der Waals surface area (Å²) < 4.78 is 0. The molecule has 1 fully saturated rings. The van der Waals surface area contributed by atoms with Gasteiger partial charge in [0.25, 0.3) is 0 Å². The molecule has 2 amide bonds. The summed E-state index contributed by atoms with van der Waals surface area (Å²) in [5.41, 5.74) is 3.61. The lowest BCUT2D eigenvalue weighted by Crippen LogP contribution is -2.36. The molecule has 0 aliphatic carbocycles. The largest absolute Gasteiger partial charge is 0.374 e. The van der Waals surface area contributed by atoms with E-state index in [4.69, 9.17) is 5.41 Å². The Morgan fingerprint density at radius 2 is 2.14 bits per heavy atom. The fraction of sp³-hybridized carbons (Fsp3) is 0.500. The van der Waals surface area contributed by atoms with Crippen molar-refractivity contribution in [3.63, 3.8) is 0 Å². The number of nitrogens with zero attached hydrogens (tertiary/aromatic N) is 2. The van der Waals surface area contributed by atoms with E-state index in [0.717, 1.165) is 24.9 Å². The number of fused-ring (bicyclic) bond motifs is 1. The number of nitrogens with one attached hydrogen (secondary N) is 2. The van der Waals surface area contributed by atoms with E-state index in [1.165, 1.54) is 11.3 Å². The minimum Gasteiger partial charge on any atom is -0.374 e. The Kier molecular flexibility index (Phi) is 3.35. The van der Waals surface area contributed by atoms with Crippen LogP contribution in [0, 0.1) is 5.41 Å². The summed E-state index contributed by atoms with van der Waals surface area (Å²) in [6.45, 7) is 5.05. The van der Waals surface area contributed by atoms with Crippen LogP contribution in [-0.2, 0) is 6.42 Å². The fourth-order valence-corrected chi connectivity index (χ4v) is 3.34. The number of anilines is 1. The predicted molar refractivity (Wildman–Crippen MR) is 84.0 cm³/mol. The SMILES string of the molecule is CC(C)N1C(=O)NC(=N)C1c1ccc2c(c1)CCCN2C. The highest BCUT2D eigenvalue weighted by Crippen LogP contribution is 2.33. The highest BCUT2D eigenvalue weighted by Gasteiger charge is 2.38. The number of urea groups is 1. The maximum absolute atomic E-state index is 12.0. The minimum absolute atomic E-state index is 0.0663. The van der Waals surface area contributed by atoms with Crippen LogP contribution in [0.15, 0.2) is 18.2 Å². The number of hydrogen-bond acceptors (Lipinski definition) is 3. The summed E-state index contributed by atoms with van der Waals surface area (Å²) >= 11 is 0. The van der Waals surface area contributed by atoms with E-state index < -0.39 is 0 Å². The third-order valence-corrected chi connectivity index (χ3v) is 4.35. The first kappa shape index (κ1) is 13.9. The average Bonchev–Trinajstić information content (AvgIpc) is 2.73. The van der Waals surface area contributed by atoms with E-state index in [1.54, 1.807) is 4.90 Å². The first-order valence-electron chi connectivity index (χ1n) is 7.50. The van der Waals surface area contributed by atoms with Crippen molar-refractivity contribution >= 4 is 17.6 Å². The molecule has 2 heterocycles. The average molecular weight is 286 g/mol. The van der Waals surface area contributed by atoms with E-state index in [9.17, 15) is 4.79 Å². The Morgan fingerprint density at radius 3 is 2.86 bits per heavy atom. The molecule has 5 heteroatoms. The van der Waals surface area contributed by atoms with Crippen LogP contribution in [0.1, 0.15) is 37.4 Å². The van der Waals surface area contributed by atoms with E-state index in [2.05, 4.69) is 35.5 Å². The number of hydrogen-bond donors (Lipinski definition) is 2. The third-order valence-electron chi connectivity index (χ3n) is 4.35. The number of amidine groups is 1. The Bertz CT molecular complexity index is 596. The second kappa shape index (κ2) is 5.06. The molecule has 1 unspecified atom stereocenters. The molecule has 3 rings (SSSR count). The molecule has 0 bridgehead atoms. The summed E-state index contributed by atoms with van der Waals surface area (Å²) in [7, 11) is 2.11. The Labute approximate surface area is 125 Å². The predicted octanol–water partition coefficient (Wildman–Crippen LogP) is 2.52. The Morgan fingerprint density at radius 1 is 1.38 bits per heavy atom. The van der Waals surface area contributed by atoms with Crippen LogP contribution in [0.5, 0.6) is 0 Å². The fourth-order valence-electron chi connectivity index (χ4n) is 3.34. The second-order valence-corrected chi connectivity index (χ2v) is 6.16. The van der Waals surface area contributed by atoms with Crippen molar-refractivity contribution in [1.82, 2.24) is 10.2 Å². The topological polar surface area (TPSA) is 59.4 Å². The second-order valence-electron chi connectivity index (χ2n) is 6.16. The number of aryl methyl sites for hydroxylation is 1. The van der Waals surface area contributed by atoms with Gasteiger partial charge < -0.3 is 9.80 Å². The molecule has 2 aliphatic heterocycles. The number of carbonyl (C=O) groups is 1. The van der Waals surface area contributed by atoms with E-state index in [1.807, 2.05) is 13.8 Å². The van der Waals surface area contributed by atoms with Crippen molar-refractivity contribution in [3.8, 4) is 0 Å². The summed E-state index contributed by atoms with van der Waals surface area (Å²) in [5, 5.41) is 10.7. The van der Waals surface area contributed by atoms with E-state index >= 15 is 0 Å². The summed E-state index contributed by atoms with van der Waals surface area (Å²) in [6.07, 6.45) is 2.22. The maximum atomic E-state index is 12.0. The summed E-state index contributed by atoms with van der Waals surface area (Å²) in [5.74, 6) is 0.276. The monoisotopic (exact) mass is 286 g/mol. The Balaban J connectivity index is 2.00. The highest BCUT2D eigenvalue weighted by molar-refractivity contribution is 6.06. The maximum Gasteiger partial charge on any atom is 0.323 e.